The van der Waals surface area contributed by atoms with Crippen molar-refractivity contribution in [3.63, 3.8) is 0 Å². The predicted octanol–water partition coefficient (Wildman–Crippen LogP) is 2.29. The molecule has 1 aliphatic rings. The Kier molecular flexibility index (Phi) is 4.21. The van der Waals surface area contributed by atoms with Crippen LogP contribution in [0.3, 0.4) is 0 Å². The van der Waals surface area contributed by atoms with Gasteiger partial charge in [0.05, 0.1) is 18.1 Å². The fourth-order valence-electron chi connectivity index (χ4n) is 2.49. The number of nitrogens with two attached hydrogens (primary N) is 1. The number of hydrogen-bond donors (Lipinski definition) is 2. The second kappa shape index (κ2) is 5.88. The third-order valence-corrected chi connectivity index (χ3v) is 3.48. The largest absolute Gasteiger partial charge is 0.496 e. The zero-order chi connectivity index (χ0) is 13.8. The van der Waals surface area contributed by atoms with Gasteiger partial charge in [-0.05, 0) is 37.8 Å². The molecule has 0 aromatic heterocycles. The standard InChI is InChI=1S/C13H19N3O3/c1-19-11-5-6-12(13(8-11)16(17)18)15-10-4-2-3-9(14)7-10/h5-6,8-10,15H,2-4,7,14H2,1H3. The van der Waals surface area contributed by atoms with Gasteiger partial charge in [0.25, 0.3) is 5.69 Å². The van der Waals surface area contributed by atoms with Crippen molar-refractivity contribution in [2.24, 2.45) is 5.73 Å². The summed E-state index contributed by atoms with van der Waals surface area (Å²) in [6.07, 6.45) is 3.94. The van der Waals surface area contributed by atoms with Gasteiger partial charge in [0.1, 0.15) is 11.4 Å². The van der Waals surface area contributed by atoms with Gasteiger partial charge in [-0.2, -0.15) is 0 Å². The highest BCUT2D eigenvalue weighted by atomic mass is 16.6. The van der Waals surface area contributed by atoms with Crippen LogP contribution in [0.1, 0.15) is 25.7 Å². The average molecular weight is 265 g/mol. The van der Waals surface area contributed by atoms with Crippen molar-refractivity contribution in [2.45, 2.75) is 37.8 Å². The molecule has 2 rings (SSSR count). The van der Waals surface area contributed by atoms with Gasteiger partial charge in [-0.1, -0.05) is 0 Å². The predicted molar refractivity (Wildman–Crippen MR) is 73.5 cm³/mol. The summed E-state index contributed by atoms with van der Waals surface area (Å²) in [5, 5.41) is 14.3. The van der Waals surface area contributed by atoms with Crippen molar-refractivity contribution in [3.8, 4) is 5.75 Å². The molecule has 6 nitrogen and oxygen atoms in total. The minimum absolute atomic E-state index is 0.0403. The summed E-state index contributed by atoms with van der Waals surface area (Å²) in [7, 11) is 1.49. The monoisotopic (exact) mass is 265 g/mol. The number of ether oxygens (including phenoxy) is 1. The lowest BCUT2D eigenvalue weighted by molar-refractivity contribution is -0.384. The summed E-state index contributed by atoms with van der Waals surface area (Å²) in [6.45, 7) is 0. The zero-order valence-corrected chi connectivity index (χ0v) is 11.0. The molecule has 2 unspecified atom stereocenters. The molecule has 6 heteroatoms. The van der Waals surface area contributed by atoms with E-state index in [0.29, 0.717) is 11.4 Å². The summed E-state index contributed by atoms with van der Waals surface area (Å²) < 4.78 is 5.01. The van der Waals surface area contributed by atoms with Crippen LogP contribution in [0.25, 0.3) is 0 Å². The smallest absolute Gasteiger partial charge is 0.296 e. The van der Waals surface area contributed by atoms with E-state index in [0.717, 1.165) is 25.7 Å². The highest BCUT2D eigenvalue weighted by molar-refractivity contribution is 5.64. The van der Waals surface area contributed by atoms with E-state index in [1.807, 2.05) is 0 Å². The number of rotatable bonds is 4. The summed E-state index contributed by atoms with van der Waals surface area (Å²) in [5.74, 6) is 0.484. The van der Waals surface area contributed by atoms with Crippen LogP contribution in [0.2, 0.25) is 0 Å². The lowest BCUT2D eigenvalue weighted by Gasteiger charge is -2.28. The normalized spacial score (nSPS) is 22.8. The first-order chi connectivity index (χ1) is 9.10. The Bertz CT molecular complexity index is 464. The lowest BCUT2D eigenvalue weighted by Crippen LogP contribution is -2.35. The molecule has 0 radical (unpaired) electrons. The SMILES string of the molecule is COc1ccc(NC2CCCC(N)C2)c([N+](=O)[O-])c1. The van der Waals surface area contributed by atoms with E-state index < -0.39 is 4.92 Å². The Morgan fingerprint density at radius 2 is 2.26 bits per heavy atom. The number of nitrogens with one attached hydrogen (secondary N) is 1. The Morgan fingerprint density at radius 3 is 2.89 bits per heavy atom. The maximum absolute atomic E-state index is 11.1. The lowest BCUT2D eigenvalue weighted by atomic mass is 9.91. The van der Waals surface area contributed by atoms with Crippen LogP contribution < -0.4 is 15.8 Å². The molecule has 0 amide bonds. The van der Waals surface area contributed by atoms with E-state index in [1.165, 1.54) is 13.2 Å². The van der Waals surface area contributed by atoms with Gasteiger partial charge in [0, 0.05) is 12.1 Å². The molecule has 0 spiro atoms. The minimum atomic E-state index is -0.395. The molecule has 0 heterocycles. The number of hydrogen-bond acceptors (Lipinski definition) is 5. The molecule has 3 N–H and O–H groups in total. The Hall–Kier alpha value is -1.82. The van der Waals surface area contributed by atoms with Gasteiger partial charge in [-0.15, -0.1) is 0 Å². The van der Waals surface area contributed by atoms with Gasteiger partial charge in [0.2, 0.25) is 0 Å². The molecular weight excluding hydrogens is 246 g/mol. The van der Waals surface area contributed by atoms with Crippen molar-refractivity contribution >= 4 is 11.4 Å². The van der Waals surface area contributed by atoms with Crippen molar-refractivity contribution in [3.05, 3.63) is 28.3 Å². The molecule has 0 aliphatic heterocycles. The number of nitro benzene ring substituents is 1. The fraction of sp³-hybridized carbons (Fsp3) is 0.538. The van der Waals surface area contributed by atoms with E-state index in [9.17, 15) is 10.1 Å². The third kappa shape index (κ3) is 3.35. The van der Waals surface area contributed by atoms with E-state index >= 15 is 0 Å². The van der Waals surface area contributed by atoms with E-state index in [-0.39, 0.29) is 17.8 Å². The first-order valence-electron chi connectivity index (χ1n) is 6.44. The molecule has 19 heavy (non-hydrogen) atoms. The molecule has 104 valence electrons. The van der Waals surface area contributed by atoms with Crippen LogP contribution in [0.4, 0.5) is 11.4 Å². The van der Waals surface area contributed by atoms with Crippen LogP contribution in [-0.2, 0) is 0 Å². The van der Waals surface area contributed by atoms with Crippen molar-refractivity contribution in [2.75, 3.05) is 12.4 Å². The fourth-order valence-corrected chi connectivity index (χ4v) is 2.49. The van der Waals surface area contributed by atoms with E-state index in [1.54, 1.807) is 12.1 Å². The van der Waals surface area contributed by atoms with E-state index in [4.69, 9.17) is 10.5 Å². The average Bonchev–Trinajstić information content (AvgIpc) is 2.39. The quantitative estimate of drug-likeness (QED) is 0.644. The molecule has 1 saturated carbocycles. The van der Waals surface area contributed by atoms with Crippen LogP contribution in [0.5, 0.6) is 5.75 Å². The van der Waals surface area contributed by atoms with Gasteiger partial charge >= 0.3 is 0 Å². The number of anilines is 1. The summed E-state index contributed by atoms with van der Waals surface area (Å²) in [4.78, 5) is 10.7. The van der Waals surface area contributed by atoms with Crippen LogP contribution in [-0.4, -0.2) is 24.1 Å². The van der Waals surface area contributed by atoms with Gasteiger partial charge in [-0.25, -0.2) is 0 Å². The molecule has 0 saturated heterocycles. The van der Waals surface area contributed by atoms with Crippen molar-refractivity contribution in [1.82, 2.24) is 0 Å². The molecule has 1 fully saturated rings. The minimum Gasteiger partial charge on any atom is -0.496 e. The summed E-state index contributed by atoms with van der Waals surface area (Å²) >= 11 is 0. The van der Waals surface area contributed by atoms with Crippen LogP contribution >= 0.6 is 0 Å². The highest BCUT2D eigenvalue weighted by Gasteiger charge is 2.22. The van der Waals surface area contributed by atoms with Gasteiger partial charge in [0.15, 0.2) is 0 Å². The van der Waals surface area contributed by atoms with Crippen LogP contribution in [0, 0.1) is 10.1 Å². The first kappa shape index (κ1) is 13.6. The Morgan fingerprint density at radius 1 is 1.47 bits per heavy atom. The summed E-state index contributed by atoms with van der Waals surface area (Å²) in [5.41, 5.74) is 6.50. The Balaban J connectivity index is 2.16. The molecule has 0 bridgehead atoms. The zero-order valence-electron chi connectivity index (χ0n) is 11.0. The first-order valence-corrected chi connectivity index (χ1v) is 6.44. The second-order valence-electron chi connectivity index (χ2n) is 4.91. The maximum atomic E-state index is 11.1. The second-order valence-corrected chi connectivity index (χ2v) is 4.91. The van der Waals surface area contributed by atoms with Crippen LogP contribution in [0.15, 0.2) is 18.2 Å². The maximum Gasteiger partial charge on any atom is 0.296 e. The third-order valence-electron chi connectivity index (χ3n) is 3.48. The number of methoxy groups -OCH3 is 1. The summed E-state index contributed by atoms with van der Waals surface area (Å²) in [6, 6.07) is 5.24. The number of benzene rings is 1. The molecule has 2 atom stereocenters. The topological polar surface area (TPSA) is 90.4 Å². The molecular formula is C13H19N3O3. The number of nitro groups is 1. The Labute approximate surface area is 112 Å². The molecule has 1 aliphatic carbocycles. The highest BCUT2D eigenvalue weighted by Crippen LogP contribution is 2.31. The number of nitrogens with zero attached hydrogens (tertiary/aromatic N) is 1. The molecule has 1 aromatic carbocycles. The van der Waals surface area contributed by atoms with Crippen molar-refractivity contribution < 1.29 is 9.66 Å². The van der Waals surface area contributed by atoms with Gasteiger partial charge in [-0.3, -0.25) is 10.1 Å². The van der Waals surface area contributed by atoms with Crippen molar-refractivity contribution in [1.29, 1.82) is 0 Å². The van der Waals surface area contributed by atoms with E-state index in [2.05, 4.69) is 5.32 Å². The molecule has 1 aromatic rings. The van der Waals surface area contributed by atoms with Gasteiger partial charge < -0.3 is 15.8 Å².